The highest BCUT2D eigenvalue weighted by atomic mass is 32.1. The molecule has 2 aromatic carbocycles. The van der Waals surface area contributed by atoms with E-state index in [1.54, 1.807) is 37.3 Å². The fourth-order valence-electron chi connectivity index (χ4n) is 3.81. The van der Waals surface area contributed by atoms with Gasteiger partial charge in [0.1, 0.15) is 17.3 Å². The molecule has 7 heteroatoms. The Bertz CT molecular complexity index is 1250. The standard InChI is InChI=1S/C23H17FN2O3S/c1-14-18(25-21(29-14)20-10-5-11-30-20)13-26-19-9-3-2-8-17(19)23(28,22(26)27)15-6-4-7-16(24)12-15/h2-12,28H,13H2,1H3. The zero-order valence-corrected chi connectivity index (χ0v) is 16.8. The molecule has 5 rings (SSSR count). The topological polar surface area (TPSA) is 66.6 Å². The fraction of sp³-hybridized carbons (Fsp3) is 0.130. The molecular weight excluding hydrogens is 403 g/mol. The number of fused-ring (bicyclic) bond motifs is 1. The van der Waals surface area contributed by atoms with E-state index >= 15 is 0 Å². The quantitative estimate of drug-likeness (QED) is 0.523. The van der Waals surface area contributed by atoms with Gasteiger partial charge in [0.25, 0.3) is 5.91 Å². The molecule has 1 aliphatic rings. The Labute approximate surface area is 176 Å². The molecular formula is C23H17FN2O3S. The second-order valence-electron chi connectivity index (χ2n) is 7.13. The number of amides is 1. The summed E-state index contributed by atoms with van der Waals surface area (Å²) in [7, 11) is 0. The summed E-state index contributed by atoms with van der Waals surface area (Å²) < 4.78 is 19.7. The van der Waals surface area contributed by atoms with Crippen molar-refractivity contribution in [3.63, 3.8) is 0 Å². The van der Waals surface area contributed by atoms with Crippen molar-refractivity contribution in [1.29, 1.82) is 0 Å². The molecule has 2 aromatic heterocycles. The zero-order chi connectivity index (χ0) is 20.9. The number of carbonyl (C=O) groups excluding carboxylic acids is 1. The van der Waals surface area contributed by atoms with Crippen LogP contribution in [0.25, 0.3) is 10.8 Å². The van der Waals surface area contributed by atoms with Crippen LogP contribution >= 0.6 is 11.3 Å². The molecule has 1 atom stereocenters. The maximum absolute atomic E-state index is 13.9. The molecule has 5 nitrogen and oxygen atoms in total. The average Bonchev–Trinajstić information content (AvgIpc) is 3.45. The van der Waals surface area contributed by atoms with E-state index in [1.807, 2.05) is 17.5 Å². The van der Waals surface area contributed by atoms with Gasteiger partial charge in [0.15, 0.2) is 5.60 Å². The third kappa shape index (κ3) is 2.78. The van der Waals surface area contributed by atoms with Gasteiger partial charge in [-0.1, -0.05) is 36.4 Å². The van der Waals surface area contributed by atoms with Crippen molar-refractivity contribution in [1.82, 2.24) is 4.98 Å². The van der Waals surface area contributed by atoms with Crippen molar-refractivity contribution < 1.29 is 18.7 Å². The highest BCUT2D eigenvalue weighted by Crippen LogP contribution is 2.45. The Hall–Kier alpha value is -3.29. The molecule has 0 bridgehead atoms. The van der Waals surface area contributed by atoms with Crippen molar-refractivity contribution >= 4 is 22.9 Å². The van der Waals surface area contributed by atoms with Crippen LogP contribution in [0.15, 0.2) is 70.5 Å². The van der Waals surface area contributed by atoms with E-state index in [9.17, 15) is 14.3 Å². The van der Waals surface area contributed by atoms with Crippen LogP contribution in [-0.4, -0.2) is 16.0 Å². The van der Waals surface area contributed by atoms with Crippen LogP contribution in [0.5, 0.6) is 0 Å². The van der Waals surface area contributed by atoms with Crippen LogP contribution in [-0.2, 0) is 16.9 Å². The number of halogens is 1. The van der Waals surface area contributed by atoms with Crippen molar-refractivity contribution in [2.45, 2.75) is 19.1 Å². The number of para-hydroxylation sites is 1. The lowest BCUT2D eigenvalue weighted by atomic mass is 9.87. The van der Waals surface area contributed by atoms with E-state index in [2.05, 4.69) is 4.98 Å². The van der Waals surface area contributed by atoms with Crippen LogP contribution < -0.4 is 4.90 Å². The number of aryl methyl sites for hydroxylation is 1. The first kappa shape index (κ1) is 18.7. The van der Waals surface area contributed by atoms with Gasteiger partial charge in [0.05, 0.1) is 17.1 Å². The number of nitrogens with zero attached hydrogens (tertiary/aromatic N) is 2. The Morgan fingerprint density at radius 3 is 2.77 bits per heavy atom. The van der Waals surface area contributed by atoms with Crippen molar-refractivity contribution in [3.05, 3.63) is 94.4 Å². The van der Waals surface area contributed by atoms with Gasteiger partial charge < -0.3 is 14.4 Å². The van der Waals surface area contributed by atoms with Gasteiger partial charge in [-0.15, -0.1) is 11.3 Å². The highest BCUT2D eigenvalue weighted by Gasteiger charge is 2.51. The number of aliphatic hydroxyl groups is 1. The molecule has 0 saturated carbocycles. The lowest BCUT2D eigenvalue weighted by Crippen LogP contribution is -2.41. The molecule has 4 aromatic rings. The van der Waals surface area contributed by atoms with Crippen molar-refractivity contribution in [2.75, 3.05) is 4.90 Å². The number of carbonyl (C=O) groups is 1. The van der Waals surface area contributed by atoms with E-state index in [0.717, 1.165) is 4.88 Å². The van der Waals surface area contributed by atoms with Gasteiger partial charge in [-0.2, -0.15) is 0 Å². The number of hydrogen-bond acceptors (Lipinski definition) is 5. The smallest absolute Gasteiger partial charge is 0.268 e. The van der Waals surface area contributed by atoms with Crippen LogP contribution in [0.3, 0.4) is 0 Å². The minimum Gasteiger partial charge on any atom is -0.440 e. The second-order valence-corrected chi connectivity index (χ2v) is 8.08. The molecule has 1 aliphatic heterocycles. The number of rotatable bonds is 4. The van der Waals surface area contributed by atoms with Gasteiger partial charge in [0.2, 0.25) is 5.89 Å². The number of hydrogen-bond donors (Lipinski definition) is 1. The van der Waals surface area contributed by atoms with Crippen molar-refractivity contribution in [3.8, 4) is 10.8 Å². The Morgan fingerprint density at radius 1 is 1.17 bits per heavy atom. The summed E-state index contributed by atoms with van der Waals surface area (Å²) in [5.74, 6) is 0.0367. The molecule has 0 aliphatic carbocycles. The molecule has 3 heterocycles. The number of aromatic nitrogens is 1. The van der Waals surface area contributed by atoms with Crippen LogP contribution in [0.2, 0.25) is 0 Å². The minimum atomic E-state index is -1.97. The van der Waals surface area contributed by atoms with Gasteiger partial charge in [-0.3, -0.25) is 4.79 Å². The Balaban J connectivity index is 1.57. The van der Waals surface area contributed by atoms with Gasteiger partial charge in [-0.25, -0.2) is 9.37 Å². The molecule has 0 radical (unpaired) electrons. The predicted molar refractivity (Wildman–Crippen MR) is 112 cm³/mol. The summed E-state index contributed by atoms with van der Waals surface area (Å²) in [5, 5.41) is 13.4. The predicted octanol–water partition coefficient (Wildman–Crippen LogP) is 4.63. The zero-order valence-electron chi connectivity index (χ0n) is 16.0. The number of anilines is 1. The third-order valence-corrected chi connectivity index (χ3v) is 6.17. The average molecular weight is 420 g/mol. The van der Waals surface area contributed by atoms with Crippen LogP contribution in [0, 0.1) is 12.7 Å². The van der Waals surface area contributed by atoms with E-state index in [0.29, 0.717) is 28.6 Å². The van der Waals surface area contributed by atoms with Gasteiger partial charge in [-0.05, 0) is 36.6 Å². The Kier molecular flexibility index (Phi) is 4.30. The molecule has 150 valence electrons. The van der Waals surface area contributed by atoms with Crippen LogP contribution in [0.1, 0.15) is 22.6 Å². The number of thiophene rings is 1. The first-order valence-corrected chi connectivity index (χ1v) is 10.3. The van der Waals surface area contributed by atoms with Crippen molar-refractivity contribution in [2.24, 2.45) is 0 Å². The summed E-state index contributed by atoms with van der Waals surface area (Å²) in [4.78, 5) is 20.4. The van der Waals surface area contributed by atoms with E-state index in [1.165, 1.54) is 34.4 Å². The van der Waals surface area contributed by atoms with Crippen LogP contribution in [0.4, 0.5) is 10.1 Å². The largest absolute Gasteiger partial charge is 0.440 e. The lowest BCUT2D eigenvalue weighted by molar-refractivity contribution is -0.132. The maximum atomic E-state index is 13.9. The minimum absolute atomic E-state index is 0.133. The first-order valence-electron chi connectivity index (χ1n) is 9.38. The normalized spacial score (nSPS) is 18.1. The van der Waals surface area contributed by atoms with E-state index < -0.39 is 17.3 Å². The SMILES string of the molecule is Cc1oc(-c2cccs2)nc1CN1C(=O)C(O)(c2cccc(F)c2)c2ccccc21. The monoisotopic (exact) mass is 420 g/mol. The summed E-state index contributed by atoms with van der Waals surface area (Å²) in [6.45, 7) is 1.93. The lowest BCUT2D eigenvalue weighted by Gasteiger charge is -2.23. The van der Waals surface area contributed by atoms with Gasteiger partial charge in [0, 0.05) is 11.1 Å². The molecule has 30 heavy (non-hydrogen) atoms. The van der Waals surface area contributed by atoms with Gasteiger partial charge >= 0.3 is 0 Å². The molecule has 0 saturated heterocycles. The molecule has 1 unspecified atom stereocenters. The van der Waals surface area contributed by atoms with E-state index in [-0.39, 0.29) is 12.1 Å². The Morgan fingerprint density at radius 2 is 2.00 bits per heavy atom. The number of oxazole rings is 1. The third-order valence-electron chi connectivity index (χ3n) is 5.31. The summed E-state index contributed by atoms with van der Waals surface area (Å²) >= 11 is 1.52. The molecule has 1 N–H and O–H groups in total. The molecule has 0 spiro atoms. The highest BCUT2D eigenvalue weighted by molar-refractivity contribution is 7.13. The summed E-state index contributed by atoms with van der Waals surface area (Å²) in [6, 6.07) is 16.3. The summed E-state index contributed by atoms with van der Waals surface area (Å²) in [5.41, 5.74) is -0.189. The molecule has 1 amide bonds. The number of benzene rings is 2. The second kappa shape index (κ2) is 6.90. The maximum Gasteiger partial charge on any atom is 0.268 e. The summed E-state index contributed by atoms with van der Waals surface area (Å²) in [6.07, 6.45) is 0. The van der Waals surface area contributed by atoms with E-state index in [4.69, 9.17) is 4.42 Å². The molecule has 0 fully saturated rings. The fourth-order valence-corrected chi connectivity index (χ4v) is 4.46. The first-order chi connectivity index (χ1) is 14.5.